The molecule has 1 aliphatic carbocycles. The van der Waals surface area contributed by atoms with Gasteiger partial charge in [0, 0.05) is 55.1 Å². The highest BCUT2D eigenvalue weighted by molar-refractivity contribution is 6.09. The summed E-state index contributed by atoms with van der Waals surface area (Å²) in [7, 11) is 0. The molecule has 2 heterocycles. The van der Waals surface area contributed by atoms with Crippen LogP contribution in [0.3, 0.4) is 0 Å². The van der Waals surface area contributed by atoms with E-state index in [-0.39, 0.29) is 5.41 Å². The van der Waals surface area contributed by atoms with Gasteiger partial charge in [0.1, 0.15) is 11.2 Å². The summed E-state index contributed by atoms with van der Waals surface area (Å²) in [5.74, 6) is 0. The fourth-order valence-corrected chi connectivity index (χ4v) is 10.5. The predicted molar refractivity (Wildman–Crippen MR) is 277 cm³/mol. The summed E-state index contributed by atoms with van der Waals surface area (Å²) in [5, 5.41) is 4.78. The Morgan fingerprint density at radius 3 is 1.52 bits per heavy atom. The van der Waals surface area contributed by atoms with Crippen molar-refractivity contribution in [1.82, 2.24) is 4.98 Å². The van der Waals surface area contributed by atoms with E-state index in [1.165, 1.54) is 71.9 Å². The van der Waals surface area contributed by atoms with Crippen molar-refractivity contribution in [1.29, 1.82) is 0 Å². The maximum atomic E-state index is 6.16. The van der Waals surface area contributed by atoms with Crippen LogP contribution in [0.25, 0.3) is 99.4 Å². The molecule has 0 saturated carbocycles. The SMILES string of the molecule is CC1(C)c2cc(-c3ccc4[nH]c5ccccc5c4c3)ccc2-c2ccc(N(c3ccc(-c4ccc(-c5ccccc5)cc4)cc3)c3ccc(-c4ccc5oc6ccccc6c5c4)cc3)cc21. The molecule has 12 aromatic rings. The highest BCUT2D eigenvalue weighted by Crippen LogP contribution is 2.52. The molecule has 2 aromatic heterocycles. The largest absolute Gasteiger partial charge is 0.456 e. The van der Waals surface area contributed by atoms with Crippen LogP contribution in [0.1, 0.15) is 25.0 Å². The second kappa shape index (κ2) is 14.8. The summed E-state index contributed by atoms with van der Waals surface area (Å²) in [4.78, 5) is 5.99. The van der Waals surface area contributed by atoms with Crippen molar-refractivity contribution >= 4 is 60.8 Å². The van der Waals surface area contributed by atoms with Gasteiger partial charge in [-0.2, -0.15) is 0 Å². The number of benzene rings is 10. The van der Waals surface area contributed by atoms with Gasteiger partial charge in [0.25, 0.3) is 0 Å². The number of nitrogens with zero attached hydrogens (tertiary/aromatic N) is 1. The number of H-pyrrole nitrogens is 1. The van der Waals surface area contributed by atoms with Gasteiger partial charge in [-0.3, -0.25) is 0 Å². The monoisotopic (exact) mass is 844 g/mol. The van der Waals surface area contributed by atoms with Gasteiger partial charge in [0.05, 0.1) is 0 Å². The van der Waals surface area contributed by atoms with Crippen LogP contribution in [0.4, 0.5) is 17.1 Å². The van der Waals surface area contributed by atoms with Gasteiger partial charge in [-0.05, 0) is 146 Å². The molecule has 0 fully saturated rings. The number of aromatic amines is 1. The summed E-state index contributed by atoms with van der Waals surface area (Å²) in [5.41, 5.74) is 22.1. The van der Waals surface area contributed by atoms with Gasteiger partial charge in [0.2, 0.25) is 0 Å². The molecule has 0 aliphatic heterocycles. The summed E-state index contributed by atoms with van der Waals surface area (Å²) >= 11 is 0. The Kier molecular flexibility index (Phi) is 8.56. The highest BCUT2D eigenvalue weighted by Gasteiger charge is 2.36. The van der Waals surface area contributed by atoms with E-state index in [0.717, 1.165) is 55.6 Å². The van der Waals surface area contributed by atoms with Crippen molar-refractivity contribution in [3.63, 3.8) is 0 Å². The number of fused-ring (bicyclic) bond motifs is 9. The number of furan rings is 1. The average molecular weight is 845 g/mol. The van der Waals surface area contributed by atoms with Crippen LogP contribution in [-0.2, 0) is 5.41 Å². The quantitative estimate of drug-likeness (QED) is 0.173. The fourth-order valence-electron chi connectivity index (χ4n) is 10.5. The fraction of sp³-hybridized carbons (Fsp3) is 0.0476. The molecule has 1 aliphatic rings. The summed E-state index contributed by atoms with van der Waals surface area (Å²) in [6.45, 7) is 4.76. The molecular formula is C63H44N2O. The van der Waals surface area contributed by atoms with Gasteiger partial charge in [-0.15, -0.1) is 0 Å². The Labute approximate surface area is 383 Å². The lowest BCUT2D eigenvalue weighted by molar-refractivity contribution is 0.660. The van der Waals surface area contributed by atoms with Crippen LogP contribution in [0.15, 0.2) is 229 Å². The Hall–Kier alpha value is -8.40. The molecule has 0 radical (unpaired) electrons. The molecular weight excluding hydrogens is 801 g/mol. The van der Waals surface area contributed by atoms with Crippen LogP contribution in [0, 0.1) is 0 Å². The minimum atomic E-state index is -0.219. The lowest BCUT2D eigenvalue weighted by Gasteiger charge is -2.28. The Morgan fingerprint density at radius 1 is 0.333 bits per heavy atom. The number of para-hydroxylation sites is 2. The third kappa shape index (κ3) is 6.19. The first-order chi connectivity index (χ1) is 32.4. The molecule has 3 heteroatoms. The second-order valence-electron chi connectivity index (χ2n) is 18.2. The van der Waals surface area contributed by atoms with E-state index in [1.807, 2.05) is 12.1 Å². The maximum Gasteiger partial charge on any atom is 0.135 e. The van der Waals surface area contributed by atoms with E-state index in [2.05, 4.69) is 236 Å². The van der Waals surface area contributed by atoms with Crippen LogP contribution in [-0.4, -0.2) is 4.98 Å². The van der Waals surface area contributed by atoms with E-state index in [1.54, 1.807) is 0 Å². The Bertz CT molecular complexity index is 3820. The second-order valence-corrected chi connectivity index (χ2v) is 18.2. The first-order valence-electron chi connectivity index (χ1n) is 22.8. The van der Waals surface area contributed by atoms with Crippen LogP contribution < -0.4 is 4.90 Å². The van der Waals surface area contributed by atoms with Crippen molar-refractivity contribution in [3.8, 4) is 55.6 Å². The van der Waals surface area contributed by atoms with Crippen molar-refractivity contribution in [2.24, 2.45) is 0 Å². The third-order valence-corrected chi connectivity index (χ3v) is 14.0. The smallest absolute Gasteiger partial charge is 0.135 e. The highest BCUT2D eigenvalue weighted by atomic mass is 16.3. The lowest BCUT2D eigenvalue weighted by atomic mass is 9.81. The zero-order valence-electron chi connectivity index (χ0n) is 36.7. The Morgan fingerprint density at radius 2 is 0.788 bits per heavy atom. The number of rotatable bonds is 7. The van der Waals surface area contributed by atoms with Gasteiger partial charge < -0.3 is 14.3 Å². The van der Waals surface area contributed by atoms with Crippen molar-refractivity contribution in [2.75, 3.05) is 4.90 Å². The van der Waals surface area contributed by atoms with Crippen molar-refractivity contribution < 1.29 is 4.42 Å². The van der Waals surface area contributed by atoms with E-state index in [9.17, 15) is 0 Å². The third-order valence-electron chi connectivity index (χ3n) is 14.0. The number of hydrogen-bond acceptors (Lipinski definition) is 2. The van der Waals surface area contributed by atoms with Crippen LogP contribution in [0.2, 0.25) is 0 Å². The van der Waals surface area contributed by atoms with Gasteiger partial charge in [0.15, 0.2) is 0 Å². The molecule has 0 spiro atoms. The molecule has 13 rings (SSSR count). The average Bonchev–Trinajstić information content (AvgIpc) is 4.01. The molecule has 0 bridgehead atoms. The minimum absolute atomic E-state index is 0.219. The minimum Gasteiger partial charge on any atom is -0.456 e. The molecule has 66 heavy (non-hydrogen) atoms. The van der Waals surface area contributed by atoms with Gasteiger partial charge in [-0.1, -0.05) is 159 Å². The topological polar surface area (TPSA) is 32.2 Å². The van der Waals surface area contributed by atoms with Crippen molar-refractivity contribution in [3.05, 3.63) is 236 Å². The molecule has 312 valence electrons. The molecule has 0 saturated heterocycles. The summed E-state index contributed by atoms with van der Waals surface area (Å²) in [6, 6.07) is 81.8. The zero-order chi connectivity index (χ0) is 43.9. The number of aromatic nitrogens is 1. The van der Waals surface area contributed by atoms with Crippen LogP contribution in [0.5, 0.6) is 0 Å². The number of anilines is 3. The van der Waals surface area contributed by atoms with Crippen molar-refractivity contribution in [2.45, 2.75) is 19.3 Å². The molecule has 1 N–H and O–H groups in total. The normalized spacial score (nSPS) is 12.8. The van der Waals surface area contributed by atoms with Crippen LogP contribution >= 0.6 is 0 Å². The summed E-state index contributed by atoms with van der Waals surface area (Å²) in [6.07, 6.45) is 0. The predicted octanol–water partition coefficient (Wildman–Crippen LogP) is 17.7. The van der Waals surface area contributed by atoms with Gasteiger partial charge in [-0.25, -0.2) is 0 Å². The molecule has 3 nitrogen and oxygen atoms in total. The summed E-state index contributed by atoms with van der Waals surface area (Å²) < 4.78 is 6.16. The van der Waals surface area contributed by atoms with Gasteiger partial charge >= 0.3 is 0 Å². The zero-order valence-corrected chi connectivity index (χ0v) is 36.7. The van der Waals surface area contributed by atoms with E-state index >= 15 is 0 Å². The molecule has 10 aromatic carbocycles. The first-order valence-corrected chi connectivity index (χ1v) is 22.8. The lowest BCUT2D eigenvalue weighted by Crippen LogP contribution is -2.16. The van der Waals surface area contributed by atoms with E-state index < -0.39 is 0 Å². The number of nitrogens with one attached hydrogen (secondary N) is 1. The first kappa shape index (κ1) is 38.1. The molecule has 0 atom stereocenters. The van der Waals surface area contributed by atoms with E-state index in [0.29, 0.717) is 0 Å². The molecule has 0 amide bonds. The Balaban J connectivity index is 0.875. The van der Waals surface area contributed by atoms with E-state index in [4.69, 9.17) is 4.42 Å². The molecule has 0 unspecified atom stereocenters. The maximum absolute atomic E-state index is 6.16. The number of hydrogen-bond donors (Lipinski definition) is 1. The standard InChI is InChI=1S/C63H44N2O/c1-63(2)57-38-47(46-25-34-60-55(36-46)53-12-6-8-14-59(53)64-60)24-32-51(57)52-33-31-50(39-58(52)63)65(48-27-20-43(21-28-48)42-18-16-41(17-19-42)40-10-4-3-5-11-40)49-29-22-44(23-30-49)45-26-35-62-56(37-45)54-13-7-9-15-61(54)66-62/h3-39,64H,1-2H3.